The van der Waals surface area contributed by atoms with Crippen molar-refractivity contribution in [2.75, 3.05) is 11.9 Å². The van der Waals surface area contributed by atoms with Gasteiger partial charge < -0.3 is 10.1 Å². The van der Waals surface area contributed by atoms with Gasteiger partial charge in [0.05, 0.1) is 16.1 Å². The van der Waals surface area contributed by atoms with Crippen LogP contribution in [0.3, 0.4) is 0 Å². The van der Waals surface area contributed by atoms with Gasteiger partial charge in [0.1, 0.15) is 6.04 Å². The number of carbonyl (C=O) groups is 4. The molecule has 2 aromatic rings. The Morgan fingerprint density at radius 1 is 1.12 bits per heavy atom. The Hall–Kier alpha value is -4.08. The summed E-state index contributed by atoms with van der Waals surface area (Å²) in [6, 6.07) is 9.33. The van der Waals surface area contributed by atoms with Crippen molar-refractivity contribution >= 4 is 35.1 Å². The van der Waals surface area contributed by atoms with Crippen LogP contribution in [0, 0.1) is 17.0 Å². The number of hydrogen-bond acceptors (Lipinski definition) is 7. The van der Waals surface area contributed by atoms with Crippen molar-refractivity contribution in [3.8, 4) is 0 Å². The minimum Gasteiger partial charge on any atom is -0.454 e. The number of aryl methyl sites for hydroxylation is 1. The zero-order chi connectivity index (χ0) is 24.1. The van der Waals surface area contributed by atoms with Gasteiger partial charge in [0.25, 0.3) is 23.4 Å². The third-order valence-electron chi connectivity index (χ3n) is 5.28. The Kier molecular flexibility index (Phi) is 7.17. The molecule has 0 radical (unpaired) electrons. The van der Waals surface area contributed by atoms with E-state index in [2.05, 4.69) is 5.32 Å². The second-order valence-electron chi connectivity index (χ2n) is 7.60. The molecule has 0 saturated carbocycles. The molecule has 0 unspecified atom stereocenters. The van der Waals surface area contributed by atoms with Crippen molar-refractivity contribution in [2.24, 2.45) is 0 Å². The molecule has 1 N–H and O–H groups in total. The number of benzene rings is 2. The minimum absolute atomic E-state index is 0.157. The summed E-state index contributed by atoms with van der Waals surface area (Å²) >= 11 is 0. The Morgan fingerprint density at radius 2 is 1.76 bits per heavy atom. The van der Waals surface area contributed by atoms with Crippen molar-refractivity contribution in [3.05, 3.63) is 69.3 Å². The number of fused-ring (bicyclic) bond motifs is 1. The highest BCUT2D eigenvalue weighted by Crippen LogP contribution is 2.27. The summed E-state index contributed by atoms with van der Waals surface area (Å²) in [4.78, 5) is 62.0. The van der Waals surface area contributed by atoms with Gasteiger partial charge in [-0.2, -0.15) is 0 Å². The van der Waals surface area contributed by atoms with Gasteiger partial charge in [-0.3, -0.25) is 29.4 Å². The van der Waals surface area contributed by atoms with Crippen LogP contribution in [0.5, 0.6) is 0 Å². The smallest absolute Gasteiger partial charge is 0.329 e. The predicted octanol–water partition coefficient (Wildman–Crippen LogP) is 3.24. The van der Waals surface area contributed by atoms with Crippen LogP contribution in [0.2, 0.25) is 0 Å². The molecule has 3 rings (SSSR count). The highest BCUT2D eigenvalue weighted by molar-refractivity contribution is 6.22. The largest absolute Gasteiger partial charge is 0.454 e. The maximum absolute atomic E-state index is 12.8. The molecule has 1 aliphatic rings. The highest BCUT2D eigenvalue weighted by atomic mass is 16.6. The summed E-state index contributed by atoms with van der Waals surface area (Å²) in [6.07, 6.45) is 1.48. The van der Waals surface area contributed by atoms with E-state index in [9.17, 15) is 29.3 Å². The van der Waals surface area contributed by atoms with E-state index in [0.717, 1.165) is 11.3 Å². The number of carbonyl (C=O) groups excluding carboxylic acids is 4. The summed E-state index contributed by atoms with van der Waals surface area (Å²) in [5, 5.41) is 13.5. The number of unbranched alkanes of at least 4 members (excludes halogenated alkanes) is 1. The van der Waals surface area contributed by atoms with Crippen LogP contribution in [-0.2, 0) is 14.3 Å². The molecule has 10 nitrogen and oxygen atoms in total. The van der Waals surface area contributed by atoms with E-state index in [0.29, 0.717) is 12.0 Å². The molecule has 0 fully saturated rings. The number of hydrogen-bond donors (Lipinski definition) is 1. The first-order valence-corrected chi connectivity index (χ1v) is 10.4. The zero-order valence-corrected chi connectivity index (χ0v) is 18.2. The SMILES string of the molecule is CCCC[C@@H](C(=O)OCC(=O)Nc1ccc(C)c([N+](=O)[O-])c1)N1C(=O)c2ccccc2C1=O. The van der Waals surface area contributed by atoms with Gasteiger partial charge in [0.2, 0.25) is 0 Å². The van der Waals surface area contributed by atoms with Crippen molar-refractivity contribution in [3.63, 3.8) is 0 Å². The van der Waals surface area contributed by atoms with Gasteiger partial charge in [-0.25, -0.2) is 4.79 Å². The van der Waals surface area contributed by atoms with E-state index < -0.39 is 41.3 Å². The first-order chi connectivity index (χ1) is 15.7. The molecular formula is C23H23N3O7. The lowest BCUT2D eigenvalue weighted by atomic mass is 10.1. The van der Waals surface area contributed by atoms with Crippen molar-refractivity contribution in [1.82, 2.24) is 4.90 Å². The summed E-state index contributed by atoms with van der Waals surface area (Å²) in [7, 11) is 0. The number of rotatable bonds is 9. The Bertz CT molecular complexity index is 1090. The standard InChI is InChI=1S/C23H23N3O7/c1-3-4-9-18(25-21(28)16-7-5-6-8-17(16)22(25)29)23(30)33-13-20(27)24-15-11-10-14(2)19(12-15)26(31)32/h5-8,10-12,18H,3-4,9,13H2,1-2H3,(H,24,27)/t18-/m0/s1. The number of nitrogens with zero attached hydrogens (tertiary/aromatic N) is 2. The molecule has 10 heteroatoms. The van der Waals surface area contributed by atoms with Crippen LogP contribution < -0.4 is 5.32 Å². The lowest BCUT2D eigenvalue weighted by Gasteiger charge is -2.24. The van der Waals surface area contributed by atoms with Gasteiger partial charge in [0.15, 0.2) is 6.61 Å². The molecular weight excluding hydrogens is 430 g/mol. The van der Waals surface area contributed by atoms with Crippen LogP contribution in [0.25, 0.3) is 0 Å². The van der Waals surface area contributed by atoms with E-state index in [1.165, 1.54) is 30.3 Å². The van der Waals surface area contributed by atoms with Crippen LogP contribution in [0.1, 0.15) is 52.5 Å². The molecule has 1 heterocycles. The summed E-state index contributed by atoms with van der Waals surface area (Å²) in [5.41, 5.74) is 0.890. The third kappa shape index (κ3) is 5.05. The number of esters is 1. The molecule has 1 aliphatic heterocycles. The van der Waals surface area contributed by atoms with Crippen molar-refractivity contribution in [1.29, 1.82) is 0 Å². The monoisotopic (exact) mass is 453 g/mol. The Morgan fingerprint density at radius 3 is 2.33 bits per heavy atom. The molecule has 33 heavy (non-hydrogen) atoms. The summed E-state index contributed by atoms with van der Waals surface area (Å²) in [6.45, 7) is 2.80. The first kappa shape index (κ1) is 23.6. The Balaban J connectivity index is 1.68. The first-order valence-electron chi connectivity index (χ1n) is 10.4. The van der Waals surface area contributed by atoms with Crippen LogP contribution in [0.15, 0.2) is 42.5 Å². The number of nitro benzene ring substituents is 1. The lowest BCUT2D eigenvalue weighted by Crippen LogP contribution is -2.46. The fraction of sp³-hybridized carbons (Fsp3) is 0.304. The van der Waals surface area contributed by atoms with Crippen LogP contribution in [0.4, 0.5) is 11.4 Å². The number of ether oxygens (including phenoxy) is 1. The van der Waals surface area contributed by atoms with E-state index in [1.807, 2.05) is 6.92 Å². The number of anilines is 1. The van der Waals surface area contributed by atoms with Gasteiger partial charge in [-0.05, 0) is 31.5 Å². The van der Waals surface area contributed by atoms with Crippen LogP contribution in [-0.4, -0.2) is 46.2 Å². The topological polar surface area (TPSA) is 136 Å². The van der Waals surface area contributed by atoms with E-state index in [4.69, 9.17) is 4.74 Å². The highest BCUT2D eigenvalue weighted by Gasteiger charge is 2.43. The summed E-state index contributed by atoms with van der Waals surface area (Å²) in [5.74, 6) is -2.74. The maximum atomic E-state index is 12.8. The number of imide groups is 1. The number of amides is 3. The maximum Gasteiger partial charge on any atom is 0.329 e. The number of nitrogens with one attached hydrogen (secondary N) is 1. The molecule has 0 spiro atoms. The average Bonchev–Trinajstić information content (AvgIpc) is 3.04. The van der Waals surface area contributed by atoms with Crippen LogP contribution >= 0.6 is 0 Å². The Labute approximate surface area is 189 Å². The fourth-order valence-corrected chi connectivity index (χ4v) is 3.55. The van der Waals surface area contributed by atoms with Crippen molar-refractivity contribution in [2.45, 2.75) is 39.2 Å². The third-order valence-corrected chi connectivity index (χ3v) is 5.28. The molecule has 1 atom stereocenters. The normalized spacial score (nSPS) is 13.5. The molecule has 0 aromatic heterocycles. The zero-order valence-electron chi connectivity index (χ0n) is 18.2. The molecule has 0 bridgehead atoms. The molecule has 2 aromatic carbocycles. The van der Waals surface area contributed by atoms with E-state index >= 15 is 0 Å². The van der Waals surface area contributed by atoms with E-state index in [1.54, 1.807) is 19.1 Å². The predicted molar refractivity (Wildman–Crippen MR) is 118 cm³/mol. The van der Waals surface area contributed by atoms with E-state index in [-0.39, 0.29) is 28.9 Å². The second kappa shape index (κ2) is 10.0. The van der Waals surface area contributed by atoms with Crippen molar-refractivity contribution < 1.29 is 28.8 Å². The fourth-order valence-electron chi connectivity index (χ4n) is 3.55. The average molecular weight is 453 g/mol. The minimum atomic E-state index is -1.16. The summed E-state index contributed by atoms with van der Waals surface area (Å²) < 4.78 is 5.11. The quantitative estimate of drug-likeness (QED) is 0.266. The molecule has 172 valence electrons. The van der Waals surface area contributed by atoms with Gasteiger partial charge in [-0.15, -0.1) is 0 Å². The van der Waals surface area contributed by atoms with Gasteiger partial charge in [-0.1, -0.05) is 38.0 Å². The second-order valence-corrected chi connectivity index (χ2v) is 7.60. The molecule has 0 saturated heterocycles. The van der Waals surface area contributed by atoms with Gasteiger partial charge in [0, 0.05) is 17.3 Å². The molecule has 0 aliphatic carbocycles. The molecule has 3 amide bonds. The van der Waals surface area contributed by atoms with Gasteiger partial charge >= 0.3 is 5.97 Å². The lowest BCUT2D eigenvalue weighted by molar-refractivity contribution is -0.385. The number of nitro groups is 1.